The molecule has 0 spiro atoms. The first-order valence-corrected chi connectivity index (χ1v) is 11.7. The summed E-state index contributed by atoms with van der Waals surface area (Å²) in [6, 6.07) is 9.52. The average molecular weight is 544 g/mol. The largest absolute Gasteiger partial charge is 0.379 e. The minimum absolute atomic E-state index is 0. The van der Waals surface area contributed by atoms with Crippen LogP contribution in [0.25, 0.3) is 0 Å². The van der Waals surface area contributed by atoms with Gasteiger partial charge in [0, 0.05) is 45.8 Å². The standard InChI is InChI=1S/C24H41N5O.HI/c1-20(2)16-23(29-12-14-30-15-13-29)18-27-24(25-3)26-17-21-6-8-22(9-7-21)19-28-10-4-5-11-28;/h6-9,20,23H,4-5,10-19H2,1-3H3,(H2,25,26,27);1H. The molecule has 0 bridgehead atoms. The maximum absolute atomic E-state index is 5.53. The van der Waals surface area contributed by atoms with Crippen LogP contribution in [0.2, 0.25) is 0 Å². The molecule has 0 amide bonds. The number of halogens is 1. The lowest BCUT2D eigenvalue weighted by molar-refractivity contribution is 0.0132. The van der Waals surface area contributed by atoms with Crippen LogP contribution >= 0.6 is 24.0 Å². The van der Waals surface area contributed by atoms with Gasteiger partial charge in [-0.05, 0) is 49.4 Å². The molecule has 2 aliphatic rings. The molecule has 0 saturated carbocycles. The molecule has 3 rings (SSSR count). The van der Waals surface area contributed by atoms with Gasteiger partial charge in [-0.25, -0.2) is 0 Å². The zero-order valence-electron chi connectivity index (χ0n) is 19.6. The second-order valence-electron chi connectivity index (χ2n) is 9.04. The van der Waals surface area contributed by atoms with E-state index in [1.165, 1.54) is 43.5 Å². The molecule has 2 N–H and O–H groups in total. The number of hydrogen-bond donors (Lipinski definition) is 2. The van der Waals surface area contributed by atoms with Gasteiger partial charge in [0.05, 0.1) is 13.2 Å². The van der Waals surface area contributed by atoms with Gasteiger partial charge in [0.15, 0.2) is 5.96 Å². The normalized spacial score (nSPS) is 19.3. The molecule has 7 heteroatoms. The highest BCUT2D eigenvalue weighted by molar-refractivity contribution is 14.0. The molecule has 0 aliphatic carbocycles. The molecular weight excluding hydrogens is 501 g/mol. The molecule has 2 aliphatic heterocycles. The van der Waals surface area contributed by atoms with E-state index in [1.807, 2.05) is 7.05 Å². The highest BCUT2D eigenvalue weighted by Gasteiger charge is 2.22. The highest BCUT2D eigenvalue weighted by Crippen LogP contribution is 2.14. The third-order valence-electron chi connectivity index (χ3n) is 6.12. The Kier molecular flexibility index (Phi) is 12.1. The zero-order valence-corrected chi connectivity index (χ0v) is 21.9. The lowest BCUT2D eigenvalue weighted by Crippen LogP contribution is -2.50. The van der Waals surface area contributed by atoms with E-state index in [4.69, 9.17) is 4.74 Å². The first-order chi connectivity index (χ1) is 14.6. The van der Waals surface area contributed by atoms with Crippen molar-refractivity contribution in [2.24, 2.45) is 10.9 Å². The average Bonchev–Trinajstić information content (AvgIpc) is 3.27. The molecule has 6 nitrogen and oxygen atoms in total. The summed E-state index contributed by atoms with van der Waals surface area (Å²) < 4.78 is 5.53. The molecule has 2 saturated heterocycles. The van der Waals surface area contributed by atoms with E-state index in [1.54, 1.807) is 0 Å². The van der Waals surface area contributed by atoms with E-state index in [0.29, 0.717) is 12.0 Å². The fourth-order valence-electron chi connectivity index (χ4n) is 4.43. The summed E-state index contributed by atoms with van der Waals surface area (Å²) in [5.41, 5.74) is 2.69. The number of benzene rings is 1. The van der Waals surface area contributed by atoms with Crippen LogP contribution in [-0.4, -0.2) is 74.8 Å². The molecule has 1 unspecified atom stereocenters. The maximum atomic E-state index is 5.53. The highest BCUT2D eigenvalue weighted by atomic mass is 127. The summed E-state index contributed by atoms with van der Waals surface area (Å²) in [5.74, 6) is 1.55. The molecule has 2 heterocycles. The molecule has 31 heavy (non-hydrogen) atoms. The number of nitrogens with zero attached hydrogens (tertiary/aromatic N) is 3. The van der Waals surface area contributed by atoms with Gasteiger partial charge < -0.3 is 15.4 Å². The summed E-state index contributed by atoms with van der Waals surface area (Å²) >= 11 is 0. The maximum Gasteiger partial charge on any atom is 0.191 e. The predicted molar refractivity (Wildman–Crippen MR) is 140 cm³/mol. The zero-order chi connectivity index (χ0) is 21.2. The smallest absolute Gasteiger partial charge is 0.191 e. The number of hydrogen-bond acceptors (Lipinski definition) is 4. The van der Waals surface area contributed by atoms with E-state index < -0.39 is 0 Å². The summed E-state index contributed by atoms with van der Waals surface area (Å²) in [6.07, 6.45) is 3.87. The van der Waals surface area contributed by atoms with Gasteiger partial charge >= 0.3 is 0 Å². The Morgan fingerprint density at radius 2 is 1.65 bits per heavy atom. The van der Waals surface area contributed by atoms with E-state index in [-0.39, 0.29) is 24.0 Å². The van der Waals surface area contributed by atoms with Gasteiger partial charge in [0.25, 0.3) is 0 Å². The van der Waals surface area contributed by atoms with Crippen LogP contribution in [0.3, 0.4) is 0 Å². The van der Waals surface area contributed by atoms with Crippen molar-refractivity contribution in [3.8, 4) is 0 Å². The van der Waals surface area contributed by atoms with Crippen molar-refractivity contribution in [2.45, 2.75) is 52.2 Å². The molecule has 176 valence electrons. The van der Waals surface area contributed by atoms with Gasteiger partial charge in [-0.2, -0.15) is 0 Å². The van der Waals surface area contributed by atoms with Crippen molar-refractivity contribution in [1.29, 1.82) is 0 Å². The van der Waals surface area contributed by atoms with Gasteiger partial charge in [-0.1, -0.05) is 38.1 Å². The second kappa shape index (κ2) is 14.3. The summed E-state index contributed by atoms with van der Waals surface area (Å²) in [5, 5.41) is 7.03. The van der Waals surface area contributed by atoms with Gasteiger partial charge in [-0.3, -0.25) is 14.8 Å². The van der Waals surface area contributed by atoms with Crippen LogP contribution in [-0.2, 0) is 17.8 Å². The third kappa shape index (κ3) is 9.24. The number of aliphatic imine (C=N–C) groups is 1. The number of ether oxygens (including phenoxy) is 1. The fraction of sp³-hybridized carbons (Fsp3) is 0.708. The third-order valence-corrected chi connectivity index (χ3v) is 6.12. The lowest BCUT2D eigenvalue weighted by atomic mass is 10.0. The Labute approximate surface area is 206 Å². The van der Waals surface area contributed by atoms with E-state index in [9.17, 15) is 0 Å². The topological polar surface area (TPSA) is 52.1 Å². The van der Waals surface area contributed by atoms with Crippen LogP contribution in [0, 0.1) is 5.92 Å². The van der Waals surface area contributed by atoms with Crippen molar-refractivity contribution in [3.05, 3.63) is 35.4 Å². The van der Waals surface area contributed by atoms with Crippen LogP contribution in [0.5, 0.6) is 0 Å². The number of guanidine groups is 1. The molecule has 1 aromatic carbocycles. The summed E-state index contributed by atoms with van der Waals surface area (Å²) in [4.78, 5) is 9.53. The molecule has 0 radical (unpaired) electrons. The SMILES string of the molecule is CN=C(NCc1ccc(CN2CCCC2)cc1)NCC(CC(C)C)N1CCOCC1.I. The van der Waals surface area contributed by atoms with Crippen molar-refractivity contribution >= 4 is 29.9 Å². The molecule has 0 aromatic heterocycles. The first-order valence-electron chi connectivity index (χ1n) is 11.7. The number of nitrogens with one attached hydrogen (secondary N) is 2. The number of morpholine rings is 1. The molecular formula is C24H42IN5O. The van der Waals surface area contributed by atoms with E-state index in [0.717, 1.165) is 51.9 Å². The van der Waals surface area contributed by atoms with Crippen LogP contribution < -0.4 is 10.6 Å². The Bertz CT molecular complexity index is 640. The Balaban J connectivity index is 0.00000341. The quantitative estimate of drug-likeness (QED) is 0.285. The van der Waals surface area contributed by atoms with Crippen molar-refractivity contribution < 1.29 is 4.74 Å². The van der Waals surface area contributed by atoms with Crippen LogP contribution in [0.15, 0.2) is 29.3 Å². The second-order valence-corrected chi connectivity index (χ2v) is 9.04. The van der Waals surface area contributed by atoms with Gasteiger partial charge in [0.1, 0.15) is 0 Å². The van der Waals surface area contributed by atoms with Crippen LogP contribution in [0.1, 0.15) is 44.2 Å². The first kappa shape index (κ1) is 26.4. The van der Waals surface area contributed by atoms with Gasteiger partial charge in [-0.15, -0.1) is 24.0 Å². The number of rotatable bonds is 9. The van der Waals surface area contributed by atoms with E-state index in [2.05, 4.69) is 63.5 Å². The van der Waals surface area contributed by atoms with Crippen molar-refractivity contribution in [2.75, 3.05) is 53.0 Å². The summed E-state index contributed by atoms with van der Waals surface area (Å²) in [6.45, 7) is 13.6. The molecule has 1 atom stereocenters. The van der Waals surface area contributed by atoms with E-state index >= 15 is 0 Å². The lowest BCUT2D eigenvalue weighted by Gasteiger charge is -2.35. The van der Waals surface area contributed by atoms with Crippen LogP contribution in [0.4, 0.5) is 0 Å². The Morgan fingerprint density at radius 1 is 1.00 bits per heavy atom. The summed E-state index contributed by atoms with van der Waals surface area (Å²) in [7, 11) is 1.85. The monoisotopic (exact) mass is 543 g/mol. The minimum Gasteiger partial charge on any atom is -0.379 e. The minimum atomic E-state index is 0. The van der Waals surface area contributed by atoms with Crippen molar-refractivity contribution in [1.82, 2.24) is 20.4 Å². The Hall–Kier alpha value is -0.900. The molecule has 2 fully saturated rings. The number of likely N-dealkylation sites (tertiary alicyclic amines) is 1. The van der Waals surface area contributed by atoms with Crippen molar-refractivity contribution in [3.63, 3.8) is 0 Å². The Morgan fingerprint density at radius 3 is 2.26 bits per heavy atom. The molecule has 1 aromatic rings. The predicted octanol–water partition coefficient (Wildman–Crippen LogP) is 3.31. The fourth-order valence-corrected chi connectivity index (χ4v) is 4.43. The van der Waals surface area contributed by atoms with Gasteiger partial charge in [0.2, 0.25) is 0 Å².